The Morgan fingerprint density at radius 2 is 2.22 bits per heavy atom. The molecule has 2 aromatic rings. The van der Waals surface area contributed by atoms with Crippen LogP contribution in [0.2, 0.25) is 5.02 Å². The van der Waals surface area contributed by atoms with Crippen molar-refractivity contribution in [3.8, 4) is 0 Å². The van der Waals surface area contributed by atoms with E-state index >= 15 is 0 Å². The second-order valence-corrected chi connectivity index (χ2v) is 4.65. The van der Waals surface area contributed by atoms with Gasteiger partial charge in [-0.05, 0) is 12.1 Å². The Morgan fingerprint density at radius 3 is 3.06 bits per heavy atom. The summed E-state index contributed by atoms with van der Waals surface area (Å²) < 4.78 is 13.7. The first-order valence-electron chi connectivity index (χ1n) is 5.71. The highest BCUT2D eigenvalue weighted by atomic mass is 35.5. The summed E-state index contributed by atoms with van der Waals surface area (Å²) in [5.41, 5.74) is 2.55. The summed E-state index contributed by atoms with van der Waals surface area (Å²) in [4.78, 5) is 8.68. The first kappa shape index (κ1) is 11.6. The van der Waals surface area contributed by atoms with Crippen LogP contribution >= 0.6 is 11.6 Å². The Morgan fingerprint density at radius 1 is 1.33 bits per heavy atom. The number of halogens is 2. The molecule has 0 bridgehead atoms. The average Bonchev–Trinajstić information content (AvgIpc) is 2.81. The van der Waals surface area contributed by atoms with Crippen LogP contribution in [0.5, 0.6) is 0 Å². The summed E-state index contributed by atoms with van der Waals surface area (Å²) in [6.45, 7) is 1.55. The predicted molar refractivity (Wildman–Crippen MR) is 66.8 cm³/mol. The van der Waals surface area contributed by atoms with Crippen LogP contribution in [0.15, 0.2) is 24.4 Å². The number of nitrogens with zero attached hydrogens (tertiary/aromatic N) is 2. The third-order valence-electron chi connectivity index (χ3n) is 3.01. The maximum absolute atomic E-state index is 13.7. The van der Waals surface area contributed by atoms with E-state index in [0.29, 0.717) is 22.8 Å². The number of hydrogen-bond donors (Lipinski definition) is 1. The topological polar surface area (TPSA) is 37.8 Å². The van der Waals surface area contributed by atoms with Gasteiger partial charge in [-0.2, -0.15) is 0 Å². The summed E-state index contributed by atoms with van der Waals surface area (Å²) in [6, 6.07) is 4.67. The highest BCUT2D eigenvalue weighted by molar-refractivity contribution is 6.31. The number of nitrogens with one attached hydrogen (secondary N) is 1. The van der Waals surface area contributed by atoms with Gasteiger partial charge < -0.3 is 5.32 Å². The van der Waals surface area contributed by atoms with Crippen molar-refractivity contribution < 1.29 is 4.39 Å². The second kappa shape index (κ2) is 4.63. The zero-order valence-electron chi connectivity index (χ0n) is 9.58. The molecular weight excluding hydrogens is 253 g/mol. The molecule has 0 atom stereocenters. The fraction of sp³-hybridized carbons (Fsp3) is 0.231. The highest BCUT2D eigenvalue weighted by Gasteiger charge is 2.15. The third kappa shape index (κ3) is 2.09. The zero-order valence-corrected chi connectivity index (χ0v) is 10.3. The van der Waals surface area contributed by atoms with E-state index in [2.05, 4.69) is 15.3 Å². The summed E-state index contributed by atoms with van der Waals surface area (Å²) >= 11 is 5.99. The molecule has 0 radical (unpaired) electrons. The molecular formula is C13H11ClFN3. The van der Waals surface area contributed by atoms with Crippen LogP contribution in [-0.4, -0.2) is 9.97 Å². The van der Waals surface area contributed by atoms with Crippen molar-refractivity contribution in [1.82, 2.24) is 15.3 Å². The zero-order chi connectivity index (χ0) is 12.5. The number of rotatable bonds is 2. The molecule has 5 heteroatoms. The van der Waals surface area contributed by atoms with Crippen molar-refractivity contribution in [2.75, 3.05) is 0 Å². The molecule has 3 nitrogen and oxygen atoms in total. The van der Waals surface area contributed by atoms with Gasteiger partial charge in [-0.15, -0.1) is 0 Å². The van der Waals surface area contributed by atoms with Gasteiger partial charge in [-0.1, -0.05) is 17.7 Å². The van der Waals surface area contributed by atoms with Gasteiger partial charge in [0.2, 0.25) is 0 Å². The van der Waals surface area contributed by atoms with Crippen molar-refractivity contribution in [1.29, 1.82) is 0 Å². The van der Waals surface area contributed by atoms with E-state index in [9.17, 15) is 4.39 Å². The van der Waals surface area contributed by atoms with E-state index in [4.69, 9.17) is 11.6 Å². The van der Waals surface area contributed by atoms with Crippen molar-refractivity contribution in [2.45, 2.75) is 19.5 Å². The van der Waals surface area contributed by atoms with E-state index in [1.807, 2.05) is 0 Å². The number of benzene rings is 1. The lowest BCUT2D eigenvalue weighted by Crippen LogP contribution is -2.03. The van der Waals surface area contributed by atoms with E-state index in [0.717, 1.165) is 24.3 Å². The number of fused-ring (bicyclic) bond motifs is 1. The van der Waals surface area contributed by atoms with Gasteiger partial charge in [0, 0.05) is 41.9 Å². The molecule has 1 aliphatic heterocycles. The molecule has 1 aromatic carbocycles. The fourth-order valence-electron chi connectivity index (χ4n) is 2.04. The van der Waals surface area contributed by atoms with E-state index in [-0.39, 0.29) is 5.82 Å². The minimum atomic E-state index is -0.315. The smallest absolute Gasteiger partial charge is 0.133 e. The lowest BCUT2D eigenvalue weighted by atomic mass is 10.1. The quantitative estimate of drug-likeness (QED) is 0.905. The van der Waals surface area contributed by atoms with E-state index in [1.165, 1.54) is 6.07 Å². The van der Waals surface area contributed by atoms with Crippen LogP contribution in [0.1, 0.15) is 22.6 Å². The first-order chi connectivity index (χ1) is 8.74. The first-order valence-corrected chi connectivity index (χ1v) is 6.09. The molecule has 2 heterocycles. The van der Waals surface area contributed by atoms with Crippen molar-refractivity contribution in [2.24, 2.45) is 0 Å². The largest absolute Gasteiger partial charge is 0.307 e. The van der Waals surface area contributed by atoms with E-state index < -0.39 is 0 Å². The highest BCUT2D eigenvalue weighted by Crippen LogP contribution is 2.21. The molecule has 3 rings (SSSR count). The molecule has 18 heavy (non-hydrogen) atoms. The summed E-state index contributed by atoms with van der Waals surface area (Å²) in [5, 5.41) is 3.61. The summed E-state index contributed by atoms with van der Waals surface area (Å²) in [7, 11) is 0. The Hall–Kier alpha value is -1.52. The number of hydrogen-bond acceptors (Lipinski definition) is 3. The van der Waals surface area contributed by atoms with Crippen LogP contribution in [0.25, 0.3) is 0 Å². The van der Waals surface area contributed by atoms with Gasteiger partial charge in [0.25, 0.3) is 0 Å². The molecule has 92 valence electrons. The molecule has 0 saturated carbocycles. The minimum absolute atomic E-state index is 0.315. The number of aromatic nitrogens is 2. The van der Waals surface area contributed by atoms with Gasteiger partial charge in [0.05, 0.1) is 5.69 Å². The Kier molecular flexibility index (Phi) is 2.97. The van der Waals surface area contributed by atoms with Gasteiger partial charge >= 0.3 is 0 Å². The molecule has 0 aliphatic carbocycles. The van der Waals surface area contributed by atoms with Crippen LogP contribution in [0, 0.1) is 5.82 Å². The van der Waals surface area contributed by atoms with Gasteiger partial charge in [-0.3, -0.25) is 0 Å². The predicted octanol–water partition coefficient (Wildman–Crippen LogP) is 2.46. The van der Waals surface area contributed by atoms with Gasteiger partial charge in [-0.25, -0.2) is 14.4 Å². The van der Waals surface area contributed by atoms with E-state index in [1.54, 1.807) is 18.3 Å². The lowest BCUT2D eigenvalue weighted by Gasteiger charge is -2.06. The van der Waals surface area contributed by atoms with Crippen molar-refractivity contribution >= 4 is 11.6 Å². The molecule has 1 aliphatic rings. The molecule has 1 N–H and O–H groups in total. The Labute approximate surface area is 109 Å². The van der Waals surface area contributed by atoms with Gasteiger partial charge in [0.15, 0.2) is 0 Å². The third-order valence-corrected chi connectivity index (χ3v) is 3.36. The average molecular weight is 264 g/mol. The normalized spacial score (nSPS) is 13.7. The van der Waals surface area contributed by atoms with Crippen molar-refractivity contribution in [3.63, 3.8) is 0 Å². The SMILES string of the molecule is Fc1cccc(Cl)c1Cc1ncc2c(n1)CNC2. The molecule has 0 saturated heterocycles. The van der Waals surface area contributed by atoms with Crippen LogP contribution in [0.4, 0.5) is 4.39 Å². The second-order valence-electron chi connectivity index (χ2n) is 4.24. The molecule has 1 aromatic heterocycles. The maximum atomic E-state index is 13.7. The Balaban J connectivity index is 1.93. The maximum Gasteiger partial charge on any atom is 0.133 e. The monoisotopic (exact) mass is 263 g/mol. The van der Waals surface area contributed by atoms with Crippen LogP contribution in [0.3, 0.4) is 0 Å². The van der Waals surface area contributed by atoms with Gasteiger partial charge in [0.1, 0.15) is 11.6 Å². The summed E-state index contributed by atoms with van der Waals surface area (Å²) in [5.74, 6) is 0.286. The Bertz CT molecular complexity index is 581. The lowest BCUT2D eigenvalue weighted by molar-refractivity contribution is 0.612. The van der Waals surface area contributed by atoms with Crippen LogP contribution in [-0.2, 0) is 19.5 Å². The molecule has 0 unspecified atom stereocenters. The minimum Gasteiger partial charge on any atom is -0.307 e. The summed E-state index contributed by atoms with van der Waals surface area (Å²) in [6.07, 6.45) is 2.12. The van der Waals surface area contributed by atoms with Crippen molar-refractivity contribution in [3.05, 3.63) is 57.9 Å². The molecule has 0 fully saturated rings. The fourth-order valence-corrected chi connectivity index (χ4v) is 2.27. The van der Waals surface area contributed by atoms with Crippen LogP contribution < -0.4 is 5.32 Å². The molecule has 0 spiro atoms. The molecule has 0 amide bonds. The standard InChI is InChI=1S/C13H11ClFN3/c14-10-2-1-3-11(15)9(10)4-13-17-6-8-5-16-7-12(8)18-13/h1-3,6,16H,4-5,7H2.